The zero-order valence-corrected chi connectivity index (χ0v) is 57.7. The van der Waals surface area contributed by atoms with Gasteiger partial charge in [0.1, 0.15) is 41.7 Å². The molecule has 11 atom stereocenters. The summed E-state index contributed by atoms with van der Waals surface area (Å²) in [6.45, 7) is 2.64. The number of aliphatic hydroxyl groups is 3. The number of amides is 10. The summed E-state index contributed by atoms with van der Waals surface area (Å²) in [7, 11) is 1.41. The van der Waals surface area contributed by atoms with E-state index in [-0.39, 0.29) is 87.6 Å². The second-order valence-corrected chi connectivity index (χ2v) is 26.5. The van der Waals surface area contributed by atoms with Gasteiger partial charge in [-0.25, -0.2) is 8.78 Å². The second kappa shape index (κ2) is 40.6. The van der Waals surface area contributed by atoms with Crippen LogP contribution in [0.15, 0.2) is 23.2 Å². The number of ether oxygens (including phenoxy) is 6. The normalized spacial score (nSPS) is 22.3. The number of hydrogen-bond acceptors (Lipinski definition) is 22. The van der Waals surface area contributed by atoms with Gasteiger partial charge < -0.3 is 106 Å². The monoisotopic (exact) mass is 1470 g/mol. The van der Waals surface area contributed by atoms with Crippen LogP contribution in [-0.2, 0) is 95.0 Å². The van der Waals surface area contributed by atoms with Gasteiger partial charge in [0.05, 0.1) is 110 Å². The first-order valence-corrected chi connectivity index (χ1v) is 35.0. The fourth-order valence-electron chi connectivity index (χ4n) is 10.9. The van der Waals surface area contributed by atoms with E-state index in [0.717, 1.165) is 4.90 Å². The number of nitrogens with zero attached hydrogens (tertiary/aromatic N) is 1. The van der Waals surface area contributed by atoms with E-state index < -0.39 is 217 Å². The first kappa shape index (κ1) is 82.0. The van der Waals surface area contributed by atoms with Crippen molar-refractivity contribution >= 4 is 98.9 Å². The van der Waals surface area contributed by atoms with Crippen LogP contribution in [0.1, 0.15) is 76.8 Å². The lowest BCUT2D eigenvalue weighted by atomic mass is 9.93. The predicted octanol–water partition coefficient (Wildman–Crippen LogP) is -2.48. The maximum atomic E-state index is 15.3. The molecule has 38 heteroatoms. The number of carbonyl (C=O) groups is 11. The minimum Gasteiger partial charge on any atom is -0.610 e. The summed E-state index contributed by atoms with van der Waals surface area (Å²) in [5.41, 5.74) is 6.50. The number of esters is 1. The van der Waals surface area contributed by atoms with E-state index in [9.17, 15) is 85.6 Å². The van der Waals surface area contributed by atoms with Gasteiger partial charge >= 0.3 is 5.97 Å². The third-order valence-electron chi connectivity index (χ3n) is 16.6. The number of nitrogens with one attached hydrogen (secondary N) is 9. The molecule has 10 amide bonds. The molecule has 1 fully saturated rings. The number of aliphatic hydroxyl groups excluding tert-OH is 3. The number of benzene rings is 2. The topological polar surface area (TPSA) is 468 Å². The number of fused-ring (bicyclic) bond motifs is 5. The fourth-order valence-corrected chi connectivity index (χ4v) is 13.3. The van der Waals surface area contributed by atoms with Crippen molar-refractivity contribution in [3.63, 3.8) is 0 Å². The number of methoxy groups -OCH3 is 1. The average molecular weight is 1470 g/mol. The summed E-state index contributed by atoms with van der Waals surface area (Å²) in [6.07, 6.45) is -3.91. The number of primary amides is 1. The predicted molar refractivity (Wildman–Crippen MR) is 350 cm³/mol. The molecule has 3 aliphatic heterocycles. The Morgan fingerprint density at radius 1 is 0.782 bits per heavy atom. The van der Waals surface area contributed by atoms with Crippen molar-refractivity contribution in [2.75, 3.05) is 104 Å². The smallest absolute Gasteiger partial charge is 0.313 e. The van der Waals surface area contributed by atoms with E-state index in [1.807, 2.05) is 0 Å². The number of carbonyl (C=O) groups excluding carboxylic acids is 11. The molecule has 1 aromatic heterocycles. The van der Waals surface area contributed by atoms with Crippen molar-refractivity contribution in [1.82, 2.24) is 52.4 Å². The van der Waals surface area contributed by atoms with Crippen LogP contribution in [0.25, 0.3) is 10.9 Å². The average Bonchev–Trinajstić information content (AvgIpc) is 1.62. The summed E-state index contributed by atoms with van der Waals surface area (Å²) in [5, 5.41) is 52.4. The Labute approximate surface area is 584 Å². The highest BCUT2D eigenvalue weighted by molar-refractivity contribution is 7.98. The molecular weight excluding hydrogens is 1390 g/mol. The van der Waals surface area contributed by atoms with Gasteiger partial charge in [0.2, 0.25) is 81.5 Å². The number of nitrogens with two attached hydrogens (primary N) is 1. The summed E-state index contributed by atoms with van der Waals surface area (Å²) in [6, 6.07) is -7.14. The van der Waals surface area contributed by atoms with E-state index in [2.05, 4.69) is 52.3 Å². The molecule has 4 heterocycles. The van der Waals surface area contributed by atoms with Crippen molar-refractivity contribution in [2.45, 2.75) is 131 Å². The third-order valence-corrected chi connectivity index (χ3v) is 19.1. The Kier molecular flexibility index (Phi) is 33.0. The van der Waals surface area contributed by atoms with Crippen LogP contribution >= 0.6 is 11.8 Å². The molecule has 0 saturated carbocycles. The molecule has 0 spiro atoms. The summed E-state index contributed by atoms with van der Waals surface area (Å²) >= 11 is -1.02. The Morgan fingerprint density at radius 3 is 2.03 bits per heavy atom. The molecular formula is C63H87F4N11O21S2. The number of aromatic nitrogens is 1. The number of hydrogen-bond donors (Lipinski definition) is 13. The fraction of sp³-hybridized carbons (Fsp3) is 0.603. The SMILES string of the molecule is CC[C@H](C)[C@@H]1NC(=O)CNC(=O)[C@@H]2Cc3c([nH]c4c(CSCCCCNC(=O)CCOCCOCCOCCOCCC(=O)Oc5c(F)c(F)cc(F)c5F)c(OC)ccc34)[S+]([O-])CC(NC(=O)CNC1=O)C(=O)N[C@@H](CC(N)=O)C(=O)N1C[C@H](O)C[C@H]1C(=O)N[C@@H]([C@@H](C)[C@@H](O)CO)C(=O)N2. The van der Waals surface area contributed by atoms with Crippen LogP contribution in [0.4, 0.5) is 17.6 Å². The highest BCUT2D eigenvalue weighted by Gasteiger charge is 2.46. The zero-order chi connectivity index (χ0) is 74.0. The van der Waals surface area contributed by atoms with Crippen LogP contribution in [0, 0.1) is 35.1 Å². The molecule has 560 valence electrons. The molecule has 3 aromatic rings. The van der Waals surface area contributed by atoms with E-state index >= 15 is 4.55 Å². The second-order valence-electron chi connectivity index (χ2n) is 23.9. The lowest BCUT2D eigenvalue weighted by Gasteiger charge is -2.32. The van der Waals surface area contributed by atoms with Gasteiger partial charge in [0.15, 0.2) is 17.7 Å². The van der Waals surface area contributed by atoms with Crippen molar-refractivity contribution in [2.24, 2.45) is 17.6 Å². The quantitative estimate of drug-likeness (QED) is 0.00792. The molecule has 14 N–H and O–H groups in total. The van der Waals surface area contributed by atoms with Crippen LogP contribution in [0.2, 0.25) is 0 Å². The van der Waals surface area contributed by atoms with Crippen molar-refractivity contribution < 1.29 is 119 Å². The number of halogens is 4. The molecule has 2 aromatic carbocycles. The molecule has 6 rings (SSSR count). The maximum absolute atomic E-state index is 15.3. The third kappa shape index (κ3) is 24.1. The van der Waals surface area contributed by atoms with E-state index in [1.54, 1.807) is 26.0 Å². The maximum Gasteiger partial charge on any atom is 0.313 e. The molecule has 1 saturated heterocycles. The highest BCUT2D eigenvalue weighted by Crippen LogP contribution is 2.37. The van der Waals surface area contributed by atoms with E-state index in [0.29, 0.717) is 53.8 Å². The van der Waals surface area contributed by atoms with Crippen molar-refractivity contribution in [3.05, 3.63) is 52.6 Å². The highest BCUT2D eigenvalue weighted by atomic mass is 32.2. The number of H-pyrrole nitrogens is 1. The van der Waals surface area contributed by atoms with Crippen molar-refractivity contribution in [3.8, 4) is 11.5 Å². The molecule has 3 aliphatic rings. The van der Waals surface area contributed by atoms with Crippen LogP contribution < -0.4 is 57.7 Å². The molecule has 2 unspecified atom stereocenters. The Balaban J connectivity index is 1.14. The summed E-state index contributed by atoms with van der Waals surface area (Å²) in [5.74, 6) is -21.2. The zero-order valence-electron chi connectivity index (χ0n) is 56.0. The summed E-state index contributed by atoms with van der Waals surface area (Å²) < 4.78 is 101. The van der Waals surface area contributed by atoms with E-state index in [4.69, 9.17) is 29.4 Å². The first-order valence-electron chi connectivity index (χ1n) is 32.6. The summed E-state index contributed by atoms with van der Waals surface area (Å²) in [4.78, 5) is 156. The first-order chi connectivity index (χ1) is 48.2. The Bertz CT molecular complexity index is 3390. The Morgan fingerprint density at radius 2 is 1.41 bits per heavy atom. The van der Waals surface area contributed by atoms with Crippen LogP contribution in [-0.4, -0.2) is 248 Å². The minimum absolute atomic E-state index is 0.0168. The number of unbranched alkanes of at least 4 members (excludes halogenated alkanes) is 1. The van der Waals surface area contributed by atoms with Gasteiger partial charge in [-0.15, -0.1) is 0 Å². The molecule has 0 aliphatic carbocycles. The number of rotatable bonds is 31. The number of thioether (sulfide) groups is 1. The number of aromatic amines is 1. The lowest BCUT2D eigenvalue weighted by Crippen LogP contribution is -2.62. The molecule has 0 radical (unpaired) electrons. The van der Waals surface area contributed by atoms with Crippen LogP contribution in [0.3, 0.4) is 0 Å². The van der Waals surface area contributed by atoms with Gasteiger partial charge in [-0.1, -0.05) is 27.2 Å². The molecule has 32 nitrogen and oxygen atoms in total. The van der Waals surface area contributed by atoms with Crippen molar-refractivity contribution in [1.29, 1.82) is 0 Å². The standard InChI is InChI=1S/C63H87F4N11O21S2/c1-5-32(2)53-60(90)71-26-48(84)72-42-31-101(93)62-36(23-40(57(87)70-27-49(85)75-53)73-61(91)54(33(3)44(81)29-79)76-59(89)43-22-34(80)28-78(43)63(92)41(25-46(68)82)74-58(42)88)35-8-9-45(94-4)37(55(35)77-62)30-100-21-7-6-12-69-47(83)10-13-95-15-17-97-19-20-98-18-16-96-14-11-50(86)99-56-51(66)38(64)24-39(65)52(56)67/h8-9,24,32-34,40-44,53-54,77,79-81H,5-7,10-23,25-31H2,1-4H3,(H2,68,82)(H,69,83)(H,70,87)(H,71,90)(H,72,84)(H,73,91)(H,74,88)(H,75,85)(H,76,89)/t32-,33-,34+,40-,41-,42?,43-,44-,53-,54-,101?/m0/s1. The van der Waals surface area contributed by atoms with Crippen LogP contribution in [0.5, 0.6) is 11.5 Å². The largest absolute Gasteiger partial charge is 0.610 e. The van der Waals surface area contributed by atoms with Gasteiger partial charge in [0.25, 0.3) is 0 Å². The Hall–Kier alpha value is -7.95. The van der Waals surface area contributed by atoms with Gasteiger partial charge in [-0.3, -0.25) is 52.7 Å². The van der Waals surface area contributed by atoms with Gasteiger partial charge in [-0.05, 0) is 36.6 Å². The van der Waals surface area contributed by atoms with Gasteiger partial charge in [-0.2, -0.15) is 20.5 Å². The lowest BCUT2D eigenvalue weighted by molar-refractivity contribution is -0.144. The van der Waals surface area contributed by atoms with E-state index in [1.165, 1.54) is 25.8 Å². The minimum atomic E-state index is -2.47. The molecule has 101 heavy (non-hydrogen) atoms. The van der Waals surface area contributed by atoms with Gasteiger partial charge in [0, 0.05) is 77.8 Å². The molecule has 2 bridgehead atoms.